The fourth-order valence-electron chi connectivity index (χ4n) is 3.00. The predicted molar refractivity (Wildman–Crippen MR) is 73.7 cm³/mol. The number of hydrogen-bond donors (Lipinski definition) is 0. The molecule has 2 heteroatoms. The van der Waals surface area contributed by atoms with Crippen molar-refractivity contribution < 1.29 is 4.79 Å². The first-order valence-electron chi connectivity index (χ1n) is 7.23. The van der Waals surface area contributed by atoms with Crippen molar-refractivity contribution in [2.24, 2.45) is 11.8 Å². The Morgan fingerprint density at radius 3 is 2.61 bits per heavy atom. The van der Waals surface area contributed by atoms with Gasteiger partial charge in [-0.15, -0.1) is 0 Å². The molecule has 2 nitrogen and oxygen atoms in total. The maximum absolute atomic E-state index is 12.5. The predicted octanol–water partition coefficient (Wildman–Crippen LogP) is 4.04. The number of rotatable bonds is 4. The van der Waals surface area contributed by atoms with Crippen molar-refractivity contribution in [1.29, 1.82) is 0 Å². The average Bonchev–Trinajstić information content (AvgIpc) is 2.46. The van der Waals surface area contributed by atoms with Gasteiger partial charge in [-0.1, -0.05) is 20.3 Å². The summed E-state index contributed by atoms with van der Waals surface area (Å²) in [6, 6.07) is 1.90. The molecule has 1 aromatic heterocycles. The van der Waals surface area contributed by atoms with Crippen molar-refractivity contribution in [3.8, 4) is 0 Å². The molecule has 1 heterocycles. The summed E-state index contributed by atoms with van der Waals surface area (Å²) in [4.78, 5) is 16.7. The van der Waals surface area contributed by atoms with E-state index in [1.807, 2.05) is 12.3 Å². The molecule has 0 N–H and O–H groups in total. The maximum atomic E-state index is 12.5. The number of Topliss-reactive ketones (excluding diaryl/α,β-unsaturated/α-hetero) is 1. The summed E-state index contributed by atoms with van der Waals surface area (Å²) in [7, 11) is 0. The lowest BCUT2D eigenvalue weighted by Crippen LogP contribution is -2.22. The van der Waals surface area contributed by atoms with Gasteiger partial charge >= 0.3 is 0 Å². The zero-order valence-corrected chi connectivity index (χ0v) is 11.5. The monoisotopic (exact) mass is 245 g/mol. The van der Waals surface area contributed by atoms with Gasteiger partial charge in [0.2, 0.25) is 0 Å². The zero-order valence-electron chi connectivity index (χ0n) is 11.5. The van der Waals surface area contributed by atoms with Crippen LogP contribution in [-0.4, -0.2) is 10.8 Å². The lowest BCUT2D eigenvalue weighted by molar-refractivity contribution is 0.0870. The van der Waals surface area contributed by atoms with Crippen molar-refractivity contribution in [2.75, 3.05) is 0 Å². The Bertz CT molecular complexity index is 405. The van der Waals surface area contributed by atoms with Gasteiger partial charge in [-0.05, 0) is 49.7 Å². The van der Waals surface area contributed by atoms with Crippen molar-refractivity contribution in [3.63, 3.8) is 0 Å². The minimum Gasteiger partial charge on any atom is -0.294 e. The Kier molecular flexibility index (Phi) is 4.51. The van der Waals surface area contributed by atoms with Crippen LogP contribution in [0.15, 0.2) is 18.5 Å². The smallest absolute Gasteiger partial charge is 0.166 e. The van der Waals surface area contributed by atoms with Crippen molar-refractivity contribution >= 4 is 5.78 Å². The molecule has 1 fully saturated rings. The molecule has 1 aliphatic rings. The lowest BCUT2D eigenvalue weighted by Gasteiger charge is -2.27. The van der Waals surface area contributed by atoms with Gasteiger partial charge in [-0.25, -0.2) is 0 Å². The molecule has 0 unspecified atom stereocenters. The average molecular weight is 245 g/mol. The molecular formula is C16H23NO. The van der Waals surface area contributed by atoms with E-state index in [0.717, 1.165) is 36.3 Å². The molecule has 1 aliphatic carbocycles. The number of hydrogen-bond acceptors (Lipinski definition) is 2. The second-order valence-electron chi connectivity index (χ2n) is 5.38. The van der Waals surface area contributed by atoms with Gasteiger partial charge in [-0.3, -0.25) is 9.78 Å². The number of nitrogens with zero attached hydrogens (tertiary/aromatic N) is 1. The van der Waals surface area contributed by atoms with Crippen LogP contribution >= 0.6 is 0 Å². The van der Waals surface area contributed by atoms with Crippen LogP contribution < -0.4 is 0 Å². The first-order chi connectivity index (χ1) is 8.76. The van der Waals surface area contributed by atoms with E-state index in [1.165, 1.54) is 19.3 Å². The van der Waals surface area contributed by atoms with Crippen LogP contribution in [0.4, 0.5) is 0 Å². The van der Waals surface area contributed by atoms with E-state index < -0.39 is 0 Å². The van der Waals surface area contributed by atoms with Crippen molar-refractivity contribution in [3.05, 3.63) is 29.6 Å². The van der Waals surface area contributed by atoms with Gasteiger partial charge in [0.15, 0.2) is 5.78 Å². The third-order valence-corrected chi connectivity index (χ3v) is 4.34. The molecular weight excluding hydrogens is 222 g/mol. The highest BCUT2D eigenvalue weighted by Crippen LogP contribution is 2.33. The van der Waals surface area contributed by atoms with Gasteiger partial charge < -0.3 is 0 Å². The summed E-state index contributed by atoms with van der Waals surface area (Å²) >= 11 is 0. The number of ketones is 1. The number of aromatic nitrogens is 1. The summed E-state index contributed by atoms with van der Waals surface area (Å²) in [6.07, 6.45) is 10.3. The van der Waals surface area contributed by atoms with Gasteiger partial charge in [0, 0.05) is 23.9 Å². The molecule has 1 aromatic rings. The lowest BCUT2D eigenvalue weighted by atomic mass is 9.77. The van der Waals surface area contributed by atoms with E-state index in [2.05, 4.69) is 18.8 Å². The summed E-state index contributed by atoms with van der Waals surface area (Å²) < 4.78 is 0. The second-order valence-corrected chi connectivity index (χ2v) is 5.38. The van der Waals surface area contributed by atoms with E-state index in [1.54, 1.807) is 6.20 Å². The topological polar surface area (TPSA) is 30.0 Å². The Balaban J connectivity index is 2.08. The molecule has 0 bridgehead atoms. The van der Waals surface area contributed by atoms with Gasteiger partial charge in [0.25, 0.3) is 0 Å². The minimum absolute atomic E-state index is 0.250. The molecule has 0 spiro atoms. The Morgan fingerprint density at radius 1 is 1.28 bits per heavy atom. The Hall–Kier alpha value is -1.18. The molecule has 2 rings (SSSR count). The van der Waals surface area contributed by atoms with Crippen LogP contribution in [0, 0.1) is 11.8 Å². The molecule has 98 valence electrons. The summed E-state index contributed by atoms with van der Waals surface area (Å²) in [5.41, 5.74) is 2.01. The van der Waals surface area contributed by atoms with Gasteiger partial charge in [0.05, 0.1) is 0 Å². The summed E-state index contributed by atoms with van der Waals surface area (Å²) in [5.74, 6) is 1.45. The van der Waals surface area contributed by atoms with Crippen molar-refractivity contribution in [1.82, 2.24) is 4.98 Å². The highest BCUT2D eigenvalue weighted by molar-refractivity contribution is 5.99. The van der Waals surface area contributed by atoms with Crippen LogP contribution in [0.2, 0.25) is 0 Å². The summed E-state index contributed by atoms with van der Waals surface area (Å²) in [5, 5.41) is 0. The number of carbonyl (C=O) groups excluding carboxylic acids is 1. The van der Waals surface area contributed by atoms with E-state index >= 15 is 0 Å². The molecule has 0 aliphatic heterocycles. The molecule has 1 saturated carbocycles. The summed E-state index contributed by atoms with van der Waals surface area (Å²) in [6.45, 7) is 4.34. The van der Waals surface area contributed by atoms with E-state index in [-0.39, 0.29) is 5.92 Å². The minimum atomic E-state index is 0.250. The quantitative estimate of drug-likeness (QED) is 0.749. The first-order valence-corrected chi connectivity index (χ1v) is 7.23. The second kappa shape index (κ2) is 6.12. The third-order valence-electron chi connectivity index (χ3n) is 4.34. The van der Waals surface area contributed by atoms with Gasteiger partial charge in [0.1, 0.15) is 0 Å². The molecule has 0 saturated heterocycles. The molecule has 0 atom stereocenters. The van der Waals surface area contributed by atoms with Crippen LogP contribution in [0.25, 0.3) is 0 Å². The largest absolute Gasteiger partial charge is 0.294 e. The third kappa shape index (κ3) is 2.80. The molecule has 0 aromatic carbocycles. The van der Waals surface area contributed by atoms with Gasteiger partial charge in [-0.2, -0.15) is 0 Å². The highest BCUT2D eigenvalue weighted by atomic mass is 16.1. The number of aryl methyl sites for hydroxylation is 1. The maximum Gasteiger partial charge on any atom is 0.166 e. The Morgan fingerprint density at radius 2 is 2.00 bits per heavy atom. The van der Waals surface area contributed by atoms with E-state index in [0.29, 0.717) is 5.78 Å². The van der Waals surface area contributed by atoms with Crippen LogP contribution in [0.5, 0.6) is 0 Å². The SMILES string of the molecule is CCc1cnccc1C(=O)C1CCC(CC)CC1. The number of pyridine rings is 1. The molecule has 18 heavy (non-hydrogen) atoms. The van der Waals surface area contributed by atoms with E-state index in [4.69, 9.17) is 0 Å². The standard InChI is InChI=1S/C16H23NO/c1-3-12-5-7-14(8-6-12)16(18)15-9-10-17-11-13(15)4-2/h9-12,14H,3-8H2,1-2H3. The normalized spacial score (nSPS) is 23.9. The first kappa shape index (κ1) is 13.3. The van der Waals surface area contributed by atoms with E-state index in [9.17, 15) is 4.79 Å². The molecule has 0 amide bonds. The fourth-order valence-corrected chi connectivity index (χ4v) is 3.00. The number of carbonyl (C=O) groups is 1. The molecule has 0 radical (unpaired) electrons. The van der Waals surface area contributed by atoms with Crippen LogP contribution in [0.3, 0.4) is 0 Å². The highest BCUT2D eigenvalue weighted by Gasteiger charge is 2.27. The zero-order chi connectivity index (χ0) is 13.0. The van der Waals surface area contributed by atoms with Crippen LogP contribution in [0.1, 0.15) is 61.9 Å². The van der Waals surface area contributed by atoms with Crippen molar-refractivity contribution in [2.45, 2.75) is 52.4 Å². The van der Waals surface area contributed by atoms with Crippen LogP contribution in [-0.2, 0) is 6.42 Å². The fraction of sp³-hybridized carbons (Fsp3) is 0.625. The Labute approximate surface area is 110 Å².